The maximum absolute atomic E-state index is 11.6. The van der Waals surface area contributed by atoms with E-state index in [9.17, 15) is 49.5 Å². The lowest BCUT2D eigenvalue weighted by molar-refractivity contribution is 0.290. The largest absolute Gasteiger partial charge is 0.370 e. The Labute approximate surface area is 664 Å². The van der Waals surface area contributed by atoms with E-state index in [-0.39, 0.29) is 24.8 Å². The predicted octanol–water partition coefficient (Wildman–Crippen LogP) is 9.56. The van der Waals surface area contributed by atoms with E-state index in [1.807, 2.05) is 6.20 Å². The number of anilines is 4. The van der Waals surface area contributed by atoms with Gasteiger partial charge in [0.15, 0.2) is 0 Å². The fraction of sp³-hybridized carbons (Fsp3) is 0.500. The number of benzene rings is 4. The van der Waals surface area contributed by atoms with Crippen molar-refractivity contribution in [2.45, 2.75) is 107 Å². The van der Waals surface area contributed by atoms with Crippen LogP contribution in [0.4, 0.5) is 22.7 Å². The molecule has 4 aliphatic heterocycles. The van der Waals surface area contributed by atoms with Crippen molar-refractivity contribution in [3.8, 4) is 18.2 Å². The van der Waals surface area contributed by atoms with Crippen molar-refractivity contribution < 1.29 is 33.7 Å². The SMILES string of the molecule is Cc1cc2ncc(C#N)c(N3CCCN(CCCNS(C)(=O)=O)CC3)c2cc1C.Cc1cc2ncc(C#N)c(N3CCCN(CCNS(C)(=O)=O)CC3)c2cc1C.Cc1cc2ncc(C#N)c(N3CCC[C@@H](CNS(C)(=O)=O)CC3)c2cc1C.Cc1cc2ncc(C)c(N3CCCN(S(N)(=O)=O)CC3)c2cc1C.Cl.Cl. The van der Waals surface area contributed by atoms with Crippen molar-refractivity contribution in [2.75, 3.05) is 163 Å². The molecule has 0 aliphatic carbocycles. The molecule has 8 heterocycles. The van der Waals surface area contributed by atoms with Gasteiger partial charge in [-0.1, -0.05) is 0 Å². The summed E-state index contributed by atoms with van der Waals surface area (Å²) < 4.78 is 99.9. The van der Waals surface area contributed by atoms with Crippen LogP contribution in [0.2, 0.25) is 0 Å². The third kappa shape index (κ3) is 24.4. The van der Waals surface area contributed by atoms with Gasteiger partial charge >= 0.3 is 0 Å². The highest BCUT2D eigenvalue weighted by atomic mass is 35.5. The summed E-state index contributed by atoms with van der Waals surface area (Å²) in [5.41, 5.74) is 20.3. The second-order valence-electron chi connectivity index (χ2n) is 29.2. The van der Waals surface area contributed by atoms with Crippen molar-refractivity contribution in [3.05, 3.63) is 140 Å². The average Bonchev–Trinajstić information content (AvgIpc) is 1.04. The molecule has 0 radical (unpaired) electrons. The molecule has 32 heteroatoms. The van der Waals surface area contributed by atoms with Crippen LogP contribution in [0, 0.1) is 102 Å². The van der Waals surface area contributed by atoms with Gasteiger partial charge in [0.1, 0.15) is 18.2 Å². The lowest BCUT2D eigenvalue weighted by atomic mass is 10.0. The van der Waals surface area contributed by atoms with Crippen LogP contribution in [0.3, 0.4) is 0 Å². The summed E-state index contributed by atoms with van der Waals surface area (Å²) in [6.45, 7) is 32.5. The van der Waals surface area contributed by atoms with Gasteiger partial charge in [-0.3, -0.25) is 19.9 Å². The zero-order valence-corrected chi connectivity index (χ0v) is 70.3. The van der Waals surface area contributed by atoms with Crippen LogP contribution in [0.1, 0.15) is 112 Å². The molecule has 596 valence electrons. The predicted molar refractivity (Wildman–Crippen MR) is 449 cm³/mol. The van der Waals surface area contributed by atoms with Crippen LogP contribution in [0.25, 0.3) is 43.6 Å². The maximum Gasteiger partial charge on any atom is 0.276 e. The molecule has 8 aromatic rings. The number of halogens is 2. The number of sulfonamides is 3. The van der Waals surface area contributed by atoms with Crippen molar-refractivity contribution in [3.63, 3.8) is 0 Å². The maximum atomic E-state index is 11.6. The smallest absolute Gasteiger partial charge is 0.276 e. The van der Waals surface area contributed by atoms with Gasteiger partial charge in [0.25, 0.3) is 10.2 Å². The molecule has 4 aliphatic rings. The molecular weight excluding hydrogens is 1520 g/mol. The number of aromatic nitrogens is 4. The third-order valence-corrected chi connectivity index (χ3v) is 24.1. The van der Waals surface area contributed by atoms with Gasteiger partial charge in [0, 0.05) is 151 Å². The highest BCUT2D eigenvalue weighted by Crippen LogP contribution is 2.37. The molecule has 0 spiro atoms. The highest BCUT2D eigenvalue weighted by Gasteiger charge is 2.28. The van der Waals surface area contributed by atoms with Crippen molar-refractivity contribution in [2.24, 2.45) is 11.1 Å². The Hall–Kier alpha value is -7.71. The van der Waals surface area contributed by atoms with E-state index in [4.69, 9.17) is 5.14 Å². The third-order valence-electron chi connectivity index (χ3n) is 20.9. The van der Waals surface area contributed by atoms with Crippen LogP contribution in [-0.2, 0) is 40.3 Å². The molecule has 1 atom stereocenters. The first-order chi connectivity index (χ1) is 51.1. The lowest BCUT2D eigenvalue weighted by Crippen LogP contribution is -2.39. The van der Waals surface area contributed by atoms with E-state index in [2.05, 4.69) is 193 Å². The quantitative estimate of drug-likeness (QED) is 0.0616. The Bertz CT molecular complexity index is 5220. The van der Waals surface area contributed by atoms with Crippen LogP contribution < -0.4 is 38.9 Å². The first-order valence-electron chi connectivity index (χ1n) is 36.9. The molecule has 26 nitrogen and oxygen atoms in total. The summed E-state index contributed by atoms with van der Waals surface area (Å²) >= 11 is 0. The standard InChI is InChI=1S/C21H29N5O2S.C20H27N5O2S.C20H26N4O2S.C17H24N4O2S.2ClH/c1-16-12-19-20(13-17(16)2)23-15-18(14-22)21(19)26-9-5-8-25(10-11-26)7-4-6-24-29(3,27)28;1-15-11-18-19(12-16(15)2)22-14-17(13-21)20(18)25-7-4-6-24(9-10-25)8-5-23-28(3,26)27;1-14-9-18-19(10-15(14)2)22-13-17(11-21)20(18)24-7-4-5-16(6-8-24)12-23-27(3,25)26;1-12-9-15-16(10-13(12)2)19-11-14(3)17(15)20-5-4-6-21(8-7-20)24(18,22)23;;/h12-13,15,24H,4-11H2,1-3H3;11-12,14,23H,4-10H2,1-3H3;9-10,13,16,23H,4-8,12H2,1-3H3;9-11H,4-8H2,1-3H3,(H2,18,22,23);2*1H/t;;16-;;;/m..1.../s1. The second-order valence-corrected chi connectivity index (χ2v) is 36.3. The van der Waals surface area contributed by atoms with E-state index in [1.54, 1.807) is 18.6 Å². The minimum Gasteiger partial charge on any atom is -0.370 e. The van der Waals surface area contributed by atoms with Gasteiger partial charge in [0.2, 0.25) is 30.1 Å². The molecule has 5 N–H and O–H groups in total. The second kappa shape index (κ2) is 39.7. The van der Waals surface area contributed by atoms with Gasteiger partial charge in [-0.05, 0) is 231 Å². The molecule has 4 aromatic heterocycles. The van der Waals surface area contributed by atoms with E-state index in [0.29, 0.717) is 68.4 Å². The Morgan fingerprint density at radius 2 is 0.736 bits per heavy atom. The van der Waals surface area contributed by atoms with Crippen LogP contribution in [0.5, 0.6) is 0 Å². The molecule has 110 heavy (non-hydrogen) atoms. The number of nitrogens with one attached hydrogen (secondary N) is 3. The molecule has 4 saturated heterocycles. The normalized spacial score (nSPS) is 16.6. The highest BCUT2D eigenvalue weighted by molar-refractivity contribution is 7.89. The average molecular weight is 1630 g/mol. The molecule has 12 rings (SSSR count). The minimum absolute atomic E-state index is 0. The minimum atomic E-state index is -3.63. The molecule has 0 amide bonds. The van der Waals surface area contributed by atoms with Crippen LogP contribution in [-0.4, -0.2) is 211 Å². The first kappa shape index (κ1) is 89.5. The van der Waals surface area contributed by atoms with Crippen molar-refractivity contribution >= 4 is 131 Å². The van der Waals surface area contributed by atoms with E-state index >= 15 is 0 Å². The number of rotatable bonds is 17. The molecule has 4 aromatic carbocycles. The monoisotopic (exact) mass is 1620 g/mol. The number of nitrogens with two attached hydrogens (primary N) is 1. The number of nitrogens with zero attached hydrogens (tertiary/aromatic N) is 14. The summed E-state index contributed by atoms with van der Waals surface area (Å²) in [5, 5.41) is 38.5. The van der Waals surface area contributed by atoms with Gasteiger partial charge < -0.3 is 29.4 Å². The van der Waals surface area contributed by atoms with Gasteiger partial charge in [-0.2, -0.15) is 28.5 Å². The van der Waals surface area contributed by atoms with E-state index < -0.39 is 40.3 Å². The zero-order valence-electron chi connectivity index (χ0n) is 65.4. The van der Waals surface area contributed by atoms with Crippen LogP contribution in [0.15, 0.2) is 73.3 Å². The van der Waals surface area contributed by atoms with Gasteiger partial charge in [-0.25, -0.2) is 44.6 Å². The number of aryl methyl sites for hydroxylation is 9. The molecule has 0 saturated carbocycles. The molecule has 0 unspecified atom stereocenters. The van der Waals surface area contributed by atoms with Crippen molar-refractivity contribution in [1.82, 2.24) is 48.2 Å². The molecular formula is C78H108Cl2N18O8S4. The number of fused-ring (bicyclic) bond motifs is 4. The fourth-order valence-corrected chi connectivity index (χ4v) is 16.8. The zero-order chi connectivity index (χ0) is 78.4. The first-order valence-corrected chi connectivity index (χ1v) is 44.1. The Morgan fingerprint density at radius 3 is 1.15 bits per heavy atom. The summed E-state index contributed by atoms with van der Waals surface area (Å²) in [6, 6.07) is 23.9. The molecule has 0 bridgehead atoms. The van der Waals surface area contributed by atoms with E-state index in [1.165, 1.54) is 67.6 Å². The number of hydrogen-bond donors (Lipinski definition) is 4. The fourth-order valence-electron chi connectivity index (χ4n) is 14.6. The van der Waals surface area contributed by atoms with Crippen LogP contribution >= 0.6 is 24.8 Å². The Balaban J connectivity index is 0.000000203. The summed E-state index contributed by atoms with van der Waals surface area (Å²) in [4.78, 5) is 31.8. The topological polar surface area (TPSA) is 344 Å². The van der Waals surface area contributed by atoms with E-state index in [0.717, 1.165) is 195 Å². The molecule has 4 fully saturated rings. The summed E-state index contributed by atoms with van der Waals surface area (Å²) in [7, 11) is -13.1. The van der Waals surface area contributed by atoms with Crippen molar-refractivity contribution in [1.29, 1.82) is 15.8 Å². The lowest BCUT2D eigenvalue weighted by Gasteiger charge is -2.26. The number of nitriles is 3. The Kier molecular flexibility index (Phi) is 32.3. The Morgan fingerprint density at radius 1 is 0.391 bits per heavy atom. The number of pyridine rings is 4. The number of hydrogen-bond acceptors (Lipinski definition) is 21. The van der Waals surface area contributed by atoms with Gasteiger partial charge in [-0.15, -0.1) is 24.8 Å². The van der Waals surface area contributed by atoms with Gasteiger partial charge in [0.05, 0.1) is 80.3 Å². The summed E-state index contributed by atoms with van der Waals surface area (Å²) in [5.74, 6) is 0.312. The summed E-state index contributed by atoms with van der Waals surface area (Å²) in [6.07, 6.45) is 16.8.